The Morgan fingerprint density at radius 1 is 1.12 bits per heavy atom. The molecular weight excluding hydrogens is 316 g/mol. The first-order chi connectivity index (χ1) is 11.8. The van der Waals surface area contributed by atoms with E-state index < -0.39 is 5.97 Å². The van der Waals surface area contributed by atoms with Crippen LogP contribution in [0.2, 0.25) is 0 Å². The van der Waals surface area contributed by atoms with Crippen molar-refractivity contribution >= 4 is 23.1 Å². The molecule has 0 spiro atoms. The lowest BCUT2D eigenvalue weighted by Gasteiger charge is -2.18. The summed E-state index contributed by atoms with van der Waals surface area (Å²) >= 11 is 0. The van der Waals surface area contributed by atoms with Gasteiger partial charge in [0.2, 0.25) is 0 Å². The fraction of sp³-hybridized carbons (Fsp3) is 0.263. The van der Waals surface area contributed by atoms with Gasteiger partial charge in [0.05, 0.1) is 17.8 Å². The summed E-state index contributed by atoms with van der Waals surface area (Å²) < 4.78 is 1.74. The van der Waals surface area contributed by atoms with Gasteiger partial charge in [-0.05, 0) is 35.2 Å². The van der Waals surface area contributed by atoms with Gasteiger partial charge in [0, 0.05) is 6.20 Å². The van der Waals surface area contributed by atoms with E-state index in [0.29, 0.717) is 22.8 Å². The Morgan fingerprint density at radius 2 is 1.84 bits per heavy atom. The van der Waals surface area contributed by atoms with Gasteiger partial charge in [-0.2, -0.15) is 0 Å². The molecule has 6 heteroatoms. The van der Waals surface area contributed by atoms with E-state index in [1.165, 1.54) is 5.56 Å². The smallest absolute Gasteiger partial charge is 0.309 e. The first kappa shape index (κ1) is 16.8. The number of carbonyl (C=O) groups is 1. The van der Waals surface area contributed by atoms with E-state index in [2.05, 4.69) is 36.0 Å². The summed E-state index contributed by atoms with van der Waals surface area (Å²) in [6.07, 6.45) is 1.60. The first-order valence-electron chi connectivity index (χ1n) is 8.04. The maximum absolute atomic E-state index is 11.1. The molecule has 0 aliphatic carbocycles. The molecule has 0 amide bonds. The molecule has 0 saturated heterocycles. The third kappa shape index (κ3) is 3.74. The van der Waals surface area contributed by atoms with Crippen molar-refractivity contribution in [1.29, 1.82) is 0 Å². The monoisotopic (exact) mass is 336 g/mol. The molecule has 2 heterocycles. The van der Waals surface area contributed by atoms with Gasteiger partial charge < -0.3 is 5.11 Å². The fourth-order valence-electron chi connectivity index (χ4n) is 2.53. The summed E-state index contributed by atoms with van der Waals surface area (Å²) in [7, 11) is 0. The number of nitrogens with zero attached hydrogens (tertiary/aromatic N) is 4. The number of fused-ring (bicyclic) bond motifs is 1. The number of aliphatic carboxylic acids is 1. The van der Waals surface area contributed by atoms with Crippen LogP contribution in [0.25, 0.3) is 5.65 Å². The van der Waals surface area contributed by atoms with Gasteiger partial charge >= 0.3 is 5.97 Å². The highest BCUT2D eigenvalue weighted by Gasteiger charge is 2.15. The number of carboxylic acid groups (broad SMARTS) is 1. The van der Waals surface area contributed by atoms with Crippen LogP contribution in [0.3, 0.4) is 0 Å². The van der Waals surface area contributed by atoms with Crippen LogP contribution in [0.5, 0.6) is 0 Å². The highest BCUT2D eigenvalue weighted by atomic mass is 16.4. The maximum atomic E-state index is 11.1. The first-order valence-corrected chi connectivity index (χ1v) is 8.04. The number of rotatable bonds is 4. The molecule has 0 saturated carbocycles. The van der Waals surface area contributed by atoms with Crippen molar-refractivity contribution in [3.05, 3.63) is 59.9 Å². The second-order valence-corrected chi connectivity index (χ2v) is 6.88. The second-order valence-electron chi connectivity index (χ2n) is 6.88. The number of aromatic nitrogens is 2. The van der Waals surface area contributed by atoms with Crippen LogP contribution < -0.4 is 0 Å². The lowest BCUT2D eigenvalue weighted by atomic mass is 9.87. The zero-order valence-electron chi connectivity index (χ0n) is 14.5. The average Bonchev–Trinajstić information content (AvgIpc) is 2.89. The molecule has 3 rings (SSSR count). The molecule has 128 valence electrons. The van der Waals surface area contributed by atoms with E-state index in [1.807, 2.05) is 42.5 Å². The molecule has 0 unspecified atom stereocenters. The standard InChI is InChI=1S/C19H20N4O2/c1-19(2,3)13-7-9-14(10-8-13)21-22-18-15(12-17(24)25)20-16-6-4-5-11-23(16)18/h4-11H,12H2,1-3H3,(H,24,25). The molecule has 0 aliphatic rings. The zero-order chi connectivity index (χ0) is 18.0. The lowest BCUT2D eigenvalue weighted by Crippen LogP contribution is -2.10. The van der Waals surface area contributed by atoms with Crippen LogP contribution in [0.15, 0.2) is 58.9 Å². The Balaban J connectivity index is 1.96. The summed E-state index contributed by atoms with van der Waals surface area (Å²) in [5.41, 5.74) is 3.05. The van der Waals surface area contributed by atoms with Gasteiger partial charge in [-0.1, -0.05) is 39.0 Å². The van der Waals surface area contributed by atoms with Gasteiger partial charge in [0.1, 0.15) is 5.65 Å². The summed E-state index contributed by atoms with van der Waals surface area (Å²) in [6, 6.07) is 13.4. The number of imidazole rings is 1. The van der Waals surface area contributed by atoms with E-state index in [-0.39, 0.29) is 11.8 Å². The minimum atomic E-state index is -0.950. The summed E-state index contributed by atoms with van der Waals surface area (Å²) in [6.45, 7) is 6.46. The highest BCUT2D eigenvalue weighted by Crippen LogP contribution is 2.27. The lowest BCUT2D eigenvalue weighted by molar-refractivity contribution is -0.136. The number of hydrogen-bond acceptors (Lipinski definition) is 4. The van der Waals surface area contributed by atoms with E-state index in [0.717, 1.165) is 0 Å². The zero-order valence-corrected chi connectivity index (χ0v) is 14.5. The van der Waals surface area contributed by atoms with Crippen LogP contribution in [-0.4, -0.2) is 20.5 Å². The van der Waals surface area contributed by atoms with Gasteiger partial charge in [-0.25, -0.2) is 4.98 Å². The highest BCUT2D eigenvalue weighted by molar-refractivity contribution is 5.72. The summed E-state index contributed by atoms with van der Waals surface area (Å²) in [4.78, 5) is 15.4. The minimum absolute atomic E-state index is 0.0754. The van der Waals surface area contributed by atoms with Crippen LogP contribution in [0, 0.1) is 0 Å². The van der Waals surface area contributed by atoms with E-state index in [4.69, 9.17) is 5.11 Å². The molecule has 1 aromatic carbocycles. The van der Waals surface area contributed by atoms with Crippen molar-refractivity contribution in [3.63, 3.8) is 0 Å². The Hall–Kier alpha value is -3.02. The normalized spacial score (nSPS) is 12.1. The third-order valence-corrected chi connectivity index (χ3v) is 3.89. The Kier molecular flexibility index (Phi) is 4.35. The molecule has 25 heavy (non-hydrogen) atoms. The topological polar surface area (TPSA) is 79.3 Å². The Morgan fingerprint density at radius 3 is 2.48 bits per heavy atom. The number of azo groups is 1. The van der Waals surface area contributed by atoms with Crippen molar-refractivity contribution in [2.75, 3.05) is 0 Å². The van der Waals surface area contributed by atoms with Crippen LogP contribution in [0.4, 0.5) is 11.5 Å². The van der Waals surface area contributed by atoms with Crippen LogP contribution in [-0.2, 0) is 16.6 Å². The minimum Gasteiger partial charge on any atom is -0.481 e. The fourth-order valence-corrected chi connectivity index (χ4v) is 2.53. The SMILES string of the molecule is CC(C)(C)c1ccc(N=Nc2c(CC(=O)O)nc3ccccn23)cc1. The summed E-state index contributed by atoms with van der Waals surface area (Å²) in [5, 5.41) is 17.6. The van der Waals surface area contributed by atoms with Gasteiger partial charge in [0.15, 0.2) is 5.82 Å². The van der Waals surface area contributed by atoms with Gasteiger partial charge in [-0.15, -0.1) is 10.2 Å². The molecule has 0 aliphatic heterocycles. The van der Waals surface area contributed by atoms with Crippen molar-refractivity contribution in [3.8, 4) is 0 Å². The predicted octanol–water partition coefficient (Wildman–Crippen LogP) is 4.67. The van der Waals surface area contributed by atoms with E-state index >= 15 is 0 Å². The number of pyridine rings is 1. The van der Waals surface area contributed by atoms with Crippen molar-refractivity contribution in [2.24, 2.45) is 10.2 Å². The maximum Gasteiger partial charge on any atom is 0.309 e. The van der Waals surface area contributed by atoms with Gasteiger partial charge in [0.25, 0.3) is 0 Å². The quantitative estimate of drug-likeness (QED) is 0.703. The van der Waals surface area contributed by atoms with Crippen molar-refractivity contribution < 1.29 is 9.90 Å². The van der Waals surface area contributed by atoms with Gasteiger partial charge in [-0.3, -0.25) is 9.20 Å². The molecular formula is C19H20N4O2. The van der Waals surface area contributed by atoms with E-state index in [9.17, 15) is 4.79 Å². The van der Waals surface area contributed by atoms with Crippen molar-refractivity contribution in [1.82, 2.24) is 9.38 Å². The molecule has 0 atom stereocenters. The average molecular weight is 336 g/mol. The van der Waals surface area contributed by atoms with Crippen LogP contribution in [0.1, 0.15) is 32.0 Å². The van der Waals surface area contributed by atoms with Crippen molar-refractivity contribution in [2.45, 2.75) is 32.6 Å². The molecule has 0 radical (unpaired) electrons. The van der Waals surface area contributed by atoms with Crippen LogP contribution >= 0.6 is 0 Å². The molecule has 1 N–H and O–H groups in total. The number of benzene rings is 1. The third-order valence-electron chi connectivity index (χ3n) is 3.89. The predicted molar refractivity (Wildman–Crippen MR) is 95.8 cm³/mol. The second kappa shape index (κ2) is 6.47. The van der Waals surface area contributed by atoms with E-state index in [1.54, 1.807) is 10.6 Å². The molecule has 3 aromatic rings. The Bertz CT molecular complexity index is 934. The number of hydrogen-bond donors (Lipinski definition) is 1. The molecule has 2 aromatic heterocycles. The molecule has 0 bridgehead atoms. The Labute approximate surface area is 145 Å². The molecule has 6 nitrogen and oxygen atoms in total. The number of carboxylic acids is 1. The summed E-state index contributed by atoms with van der Waals surface area (Å²) in [5.74, 6) is -0.507. The largest absolute Gasteiger partial charge is 0.481 e. The molecule has 0 fully saturated rings.